The molecule has 0 amide bonds. The molecule has 0 heterocycles. The second-order valence-electron chi connectivity index (χ2n) is 10.5. The fourth-order valence-electron chi connectivity index (χ4n) is 4.12. The second kappa shape index (κ2) is 40.4. The molecule has 0 rings (SSSR count). The molecule has 6 heteroatoms. The van der Waals surface area contributed by atoms with Crippen molar-refractivity contribution in [1.29, 1.82) is 0 Å². The number of unbranched alkanes of at least 4 members (excludes halogenated alkanes) is 22. The van der Waals surface area contributed by atoms with Gasteiger partial charge in [-0.3, -0.25) is 9.59 Å². The minimum atomic E-state index is -1.08. The van der Waals surface area contributed by atoms with Crippen LogP contribution in [0.15, 0.2) is 0 Å². The molecule has 0 aromatic carbocycles. The summed E-state index contributed by atoms with van der Waals surface area (Å²) < 4.78 is 0. The van der Waals surface area contributed by atoms with Gasteiger partial charge in [-0.15, -0.1) is 0 Å². The van der Waals surface area contributed by atoms with E-state index in [2.05, 4.69) is 13.8 Å². The van der Waals surface area contributed by atoms with Crippen molar-refractivity contribution in [2.75, 3.05) is 13.2 Å². The van der Waals surface area contributed by atoms with Crippen molar-refractivity contribution in [3.05, 3.63) is 0 Å². The summed E-state index contributed by atoms with van der Waals surface area (Å²) in [4.78, 5) is 19.3. The first-order valence-electron chi connectivity index (χ1n) is 16.1. The Kier molecular flexibility index (Phi) is 43.9. The molecule has 0 aliphatic carbocycles. The highest BCUT2D eigenvalue weighted by atomic mass is 16.4. The van der Waals surface area contributed by atoms with Crippen molar-refractivity contribution in [3.8, 4) is 0 Å². The average Bonchev–Trinajstić information content (AvgIpc) is 2.90. The Hall–Kier alpha value is -1.14. The van der Waals surface area contributed by atoms with Crippen LogP contribution in [-0.4, -0.2) is 45.6 Å². The van der Waals surface area contributed by atoms with Crippen LogP contribution in [0.4, 0.5) is 0 Å². The van der Waals surface area contributed by atoms with E-state index in [1.165, 1.54) is 141 Å². The number of hydrogen-bond donors (Lipinski definition) is 4. The highest BCUT2D eigenvalue weighted by Crippen LogP contribution is 2.12. The lowest BCUT2D eigenvalue weighted by Crippen LogP contribution is -2.00. The van der Waals surface area contributed by atoms with Crippen LogP contribution in [0.5, 0.6) is 0 Å². The van der Waals surface area contributed by atoms with Crippen LogP contribution in [0, 0.1) is 0 Å². The van der Waals surface area contributed by atoms with E-state index < -0.39 is 11.9 Å². The Bertz CT molecular complexity index is 378. The van der Waals surface area contributed by atoms with Gasteiger partial charge in [0.05, 0.1) is 12.8 Å². The molecule has 0 atom stereocenters. The fourth-order valence-corrected chi connectivity index (χ4v) is 4.12. The van der Waals surface area contributed by atoms with Gasteiger partial charge in [0, 0.05) is 13.2 Å². The standard InChI is InChI=1S/2C14H30O.C4H6O4/c2*1-2-3-4-5-6-7-8-9-10-11-12-13-14-15;5-3(6)1-2-4(7)8/h2*15H,2-14H2,1H3;1-2H2,(H,5,6)(H,7,8). The minimum absolute atomic E-state index is 0.296. The number of carboxylic acids is 2. The molecule has 38 heavy (non-hydrogen) atoms. The van der Waals surface area contributed by atoms with E-state index in [4.69, 9.17) is 20.4 Å². The summed E-state index contributed by atoms with van der Waals surface area (Å²) in [5.74, 6) is -2.15. The van der Waals surface area contributed by atoms with Crippen molar-refractivity contribution >= 4 is 11.9 Å². The number of aliphatic hydroxyl groups excluding tert-OH is 2. The molecule has 0 aliphatic rings. The first-order chi connectivity index (χ1) is 18.5. The van der Waals surface area contributed by atoms with Crippen LogP contribution in [0.1, 0.15) is 181 Å². The van der Waals surface area contributed by atoms with E-state index in [1.807, 2.05) is 0 Å². The summed E-state index contributed by atoms with van der Waals surface area (Å²) in [5.41, 5.74) is 0. The zero-order valence-electron chi connectivity index (χ0n) is 25.4. The molecule has 0 aliphatic heterocycles. The third-order valence-electron chi connectivity index (χ3n) is 6.58. The Balaban J connectivity index is -0.000000508. The number of carbonyl (C=O) groups is 2. The number of rotatable bonds is 27. The first-order valence-corrected chi connectivity index (χ1v) is 16.1. The maximum Gasteiger partial charge on any atom is 0.303 e. The highest BCUT2D eigenvalue weighted by Gasteiger charge is 2.00. The summed E-state index contributed by atoms with van der Waals surface area (Å²) in [6.07, 6.45) is 31.9. The molecular formula is C32H66O6. The molecule has 0 radical (unpaired) electrons. The van der Waals surface area contributed by atoms with Gasteiger partial charge in [-0.05, 0) is 12.8 Å². The molecule has 0 aromatic rings. The van der Waals surface area contributed by atoms with Crippen LogP contribution in [0.3, 0.4) is 0 Å². The zero-order chi connectivity index (χ0) is 29.0. The lowest BCUT2D eigenvalue weighted by molar-refractivity contribution is -0.143. The molecule has 230 valence electrons. The van der Waals surface area contributed by atoms with Crippen LogP contribution in [0.25, 0.3) is 0 Å². The molecule has 0 bridgehead atoms. The van der Waals surface area contributed by atoms with Crippen molar-refractivity contribution in [1.82, 2.24) is 0 Å². The summed E-state index contributed by atoms with van der Waals surface area (Å²) in [6.45, 7) is 5.29. The highest BCUT2D eigenvalue weighted by molar-refractivity contribution is 5.75. The van der Waals surface area contributed by atoms with E-state index in [0.717, 1.165) is 12.8 Å². The monoisotopic (exact) mass is 546 g/mol. The van der Waals surface area contributed by atoms with Gasteiger partial charge in [-0.1, -0.05) is 155 Å². The smallest absolute Gasteiger partial charge is 0.303 e. The third-order valence-corrected chi connectivity index (χ3v) is 6.58. The Morgan fingerprint density at radius 1 is 0.368 bits per heavy atom. The van der Waals surface area contributed by atoms with Gasteiger partial charge in [0.25, 0.3) is 0 Å². The van der Waals surface area contributed by atoms with Gasteiger partial charge in [0.15, 0.2) is 0 Å². The predicted molar refractivity (Wildman–Crippen MR) is 161 cm³/mol. The molecule has 4 N–H and O–H groups in total. The Morgan fingerprint density at radius 2 is 0.553 bits per heavy atom. The minimum Gasteiger partial charge on any atom is -0.481 e. The SMILES string of the molecule is CCCCCCCCCCCCCCO.CCCCCCCCCCCCCCO.O=C(O)CCC(=O)O. The lowest BCUT2D eigenvalue weighted by Gasteiger charge is -2.01. The van der Waals surface area contributed by atoms with E-state index in [0.29, 0.717) is 13.2 Å². The number of aliphatic carboxylic acids is 2. The average molecular weight is 547 g/mol. The van der Waals surface area contributed by atoms with Gasteiger partial charge in [-0.25, -0.2) is 0 Å². The summed E-state index contributed by atoms with van der Waals surface area (Å²) in [5, 5.41) is 33.0. The predicted octanol–water partition coefficient (Wildman–Crippen LogP) is 9.30. The number of carboxylic acid groups (broad SMARTS) is 2. The Labute approximate surface area is 236 Å². The fraction of sp³-hybridized carbons (Fsp3) is 0.938. The second-order valence-corrected chi connectivity index (χ2v) is 10.5. The molecule has 6 nitrogen and oxygen atoms in total. The topological polar surface area (TPSA) is 115 Å². The van der Waals surface area contributed by atoms with Crippen LogP contribution in [0.2, 0.25) is 0 Å². The normalized spacial score (nSPS) is 10.3. The van der Waals surface area contributed by atoms with E-state index in [9.17, 15) is 9.59 Å². The lowest BCUT2D eigenvalue weighted by atomic mass is 10.1. The van der Waals surface area contributed by atoms with Crippen molar-refractivity contribution in [3.63, 3.8) is 0 Å². The van der Waals surface area contributed by atoms with Crippen LogP contribution >= 0.6 is 0 Å². The van der Waals surface area contributed by atoms with Gasteiger partial charge in [0.2, 0.25) is 0 Å². The molecule has 0 unspecified atom stereocenters. The van der Waals surface area contributed by atoms with Gasteiger partial charge in [-0.2, -0.15) is 0 Å². The molecule has 0 saturated carbocycles. The van der Waals surface area contributed by atoms with Crippen molar-refractivity contribution < 1.29 is 30.0 Å². The van der Waals surface area contributed by atoms with E-state index in [-0.39, 0.29) is 12.8 Å². The maximum atomic E-state index is 9.64. The molecule has 0 spiro atoms. The van der Waals surface area contributed by atoms with Crippen LogP contribution < -0.4 is 0 Å². The van der Waals surface area contributed by atoms with Gasteiger partial charge >= 0.3 is 11.9 Å². The van der Waals surface area contributed by atoms with Crippen molar-refractivity contribution in [2.45, 2.75) is 181 Å². The Morgan fingerprint density at radius 3 is 0.711 bits per heavy atom. The van der Waals surface area contributed by atoms with E-state index in [1.54, 1.807) is 0 Å². The number of aliphatic hydroxyl groups is 2. The van der Waals surface area contributed by atoms with Crippen molar-refractivity contribution in [2.24, 2.45) is 0 Å². The number of hydrogen-bond acceptors (Lipinski definition) is 4. The van der Waals surface area contributed by atoms with Crippen LogP contribution in [-0.2, 0) is 9.59 Å². The molecule has 0 fully saturated rings. The third kappa shape index (κ3) is 51.5. The van der Waals surface area contributed by atoms with E-state index >= 15 is 0 Å². The van der Waals surface area contributed by atoms with Gasteiger partial charge in [0.1, 0.15) is 0 Å². The molecule has 0 aromatic heterocycles. The quantitative estimate of drug-likeness (QED) is 0.0763. The molecular weight excluding hydrogens is 480 g/mol. The first kappa shape index (κ1) is 41.3. The summed E-state index contributed by atoms with van der Waals surface area (Å²) >= 11 is 0. The maximum absolute atomic E-state index is 9.64. The molecule has 0 saturated heterocycles. The summed E-state index contributed by atoms with van der Waals surface area (Å²) in [7, 11) is 0. The largest absolute Gasteiger partial charge is 0.481 e. The summed E-state index contributed by atoms with van der Waals surface area (Å²) in [6, 6.07) is 0. The zero-order valence-corrected chi connectivity index (χ0v) is 25.4. The van der Waals surface area contributed by atoms with Gasteiger partial charge < -0.3 is 20.4 Å².